The van der Waals surface area contributed by atoms with E-state index in [0.717, 1.165) is 18.4 Å². The van der Waals surface area contributed by atoms with E-state index in [1.165, 1.54) is 17.3 Å². The summed E-state index contributed by atoms with van der Waals surface area (Å²) < 4.78 is 28.4. The molecule has 120 valence electrons. The number of hydrogen-bond donors (Lipinski definition) is 1. The molecule has 0 unspecified atom stereocenters. The second-order valence-corrected chi connectivity index (χ2v) is 7.17. The molecule has 2 aromatic heterocycles. The van der Waals surface area contributed by atoms with Crippen molar-refractivity contribution in [1.29, 1.82) is 0 Å². The van der Waals surface area contributed by atoms with E-state index in [0.29, 0.717) is 5.82 Å². The summed E-state index contributed by atoms with van der Waals surface area (Å²) in [5.74, 6) is 0.857. The summed E-state index contributed by atoms with van der Waals surface area (Å²) in [5.41, 5.74) is 0.750. The Balaban J connectivity index is 2.06. The van der Waals surface area contributed by atoms with Crippen LogP contribution in [-0.4, -0.2) is 33.9 Å². The van der Waals surface area contributed by atoms with Gasteiger partial charge in [-0.2, -0.15) is 5.10 Å². The fourth-order valence-corrected chi connectivity index (χ4v) is 3.70. The van der Waals surface area contributed by atoms with Crippen LogP contribution in [0, 0.1) is 5.92 Å². The molecule has 0 aliphatic carbocycles. The molecule has 0 aromatic carbocycles. The average Bonchev–Trinajstić information content (AvgIpc) is 2.99. The van der Waals surface area contributed by atoms with E-state index in [1.54, 1.807) is 12.3 Å². The number of pyridine rings is 1. The molecule has 0 radical (unpaired) electrons. The van der Waals surface area contributed by atoms with Gasteiger partial charge in [-0.05, 0) is 18.4 Å². The zero-order valence-electron chi connectivity index (χ0n) is 12.8. The number of nitrogens with one attached hydrogen (secondary N) is 1. The van der Waals surface area contributed by atoms with Gasteiger partial charge >= 0.3 is 0 Å². The van der Waals surface area contributed by atoms with Crippen LogP contribution < -0.4 is 4.72 Å². The summed E-state index contributed by atoms with van der Waals surface area (Å²) in [7, 11) is -3.31. The maximum absolute atomic E-state index is 12.1. The van der Waals surface area contributed by atoms with Gasteiger partial charge in [0.05, 0.1) is 5.75 Å². The van der Waals surface area contributed by atoms with Gasteiger partial charge in [0, 0.05) is 18.3 Å². The maximum atomic E-state index is 12.1. The van der Waals surface area contributed by atoms with Crippen LogP contribution in [0.15, 0.2) is 31.0 Å². The Morgan fingerprint density at radius 3 is 2.91 bits per heavy atom. The third-order valence-electron chi connectivity index (χ3n) is 3.27. The van der Waals surface area contributed by atoms with Crippen molar-refractivity contribution in [3.05, 3.63) is 36.5 Å². The molecule has 2 aromatic rings. The Hall–Kier alpha value is -1.80. The molecule has 2 heterocycles. The van der Waals surface area contributed by atoms with Crippen molar-refractivity contribution in [2.24, 2.45) is 5.92 Å². The van der Waals surface area contributed by atoms with Gasteiger partial charge in [-0.1, -0.05) is 26.3 Å². The molecule has 0 spiro atoms. The predicted octanol–water partition coefficient (Wildman–Crippen LogP) is 1.52. The van der Waals surface area contributed by atoms with Gasteiger partial charge in [0.25, 0.3) is 0 Å². The van der Waals surface area contributed by atoms with Gasteiger partial charge in [-0.25, -0.2) is 27.8 Å². The summed E-state index contributed by atoms with van der Waals surface area (Å²) >= 11 is 0. The third-order valence-corrected chi connectivity index (χ3v) is 4.86. The first-order valence-electron chi connectivity index (χ1n) is 7.28. The lowest BCUT2D eigenvalue weighted by Crippen LogP contribution is -2.29. The minimum atomic E-state index is -3.31. The highest BCUT2D eigenvalue weighted by molar-refractivity contribution is 7.89. The molecule has 0 aliphatic rings. The molecule has 0 saturated heterocycles. The topological polar surface area (TPSA) is 89.8 Å². The highest BCUT2D eigenvalue weighted by Gasteiger charge is 2.16. The number of aromatic nitrogens is 4. The number of nitrogens with zero attached hydrogens (tertiary/aromatic N) is 4. The Labute approximate surface area is 130 Å². The molecule has 1 atom stereocenters. The number of sulfonamides is 1. The predicted molar refractivity (Wildman–Crippen MR) is 83.9 cm³/mol. The van der Waals surface area contributed by atoms with Gasteiger partial charge in [0.15, 0.2) is 5.82 Å². The SMILES string of the molecule is CCC[C@@H](C)CS(=O)(=O)NCc1cccnc1-n1cncn1. The number of hydrogen-bond acceptors (Lipinski definition) is 5. The standard InChI is InChI=1S/C14H21N5O2S/c1-3-5-12(2)9-22(20,21)18-8-13-6-4-7-16-14(13)19-11-15-10-17-19/h4,6-7,10-12,18H,3,5,8-9H2,1-2H3/t12-/m1/s1. The summed E-state index contributed by atoms with van der Waals surface area (Å²) in [6.45, 7) is 4.19. The molecule has 8 heteroatoms. The van der Waals surface area contributed by atoms with Gasteiger partial charge in [0.1, 0.15) is 12.7 Å². The van der Waals surface area contributed by atoms with Crippen LogP contribution in [-0.2, 0) is 16.6 Å². The second-order valence-electron chi connectivity index (χ2n) is 5.32. The molecule has 7 nitrogen and oxygen atoms in total. The minimum absolute atomic E-state index is 0.139. The molecule has 22 heavy (non-hydrogen) atoms. The van der Waals surface area contributed by atoms with E-state index in [-0.39, 0.29) is 18.2 Å². The molecule has 0 aliphatic heterocycles. The van der Waals surface area contributed by atoms with E-state index in [9.17, 15) is 8.42 Å². The van der Waals surface area contributed by atoms with Crippen LogP contribution in [0.3, 0.4) is 0 Å². The van der Waals surface area contributed by atoms with Gasteiger partial charge < -0.3 is 0 Å². The van der Waals surface area contributed by atoms with Crippen molar-refractivity contribution >= 4 is 10.0 Å². The summed E-state index contributed by atoms with van der Waals surface area (Å²) in [6, 6.07) is 3.59. The summed E-state index contributed by atoms with van der Waals surface area (Å²) in [4.78, 5) is 8.12. The Bertz CT molecular complexity index is 685. The highest BCUT2D eigenvalue weighted by atomic mass is 32.2. The van der Waals surface area contributed by atoms with Crippen LogP contribution in [0.1, 0.15) is 32.3 Å². The lowest BCUT2D eigenvalue weighted by Gasteiger charge is -2.13. The fraction of sp³-hybridized carbons (Fsp3) is 0.500. The summed E-state index contributed by atoms with van der Waals surface area (Å²) in [5, 5.41) is 4.03. The first-order valence-corrected chi connectivity index (χ1v) is 8.93. The van der Waals surface area contributed by atoms with E-state index in [1.807, 2.05) is 13.0 Å². The highest BCUT2D eigenvalue weighted by Crippen LogP contribution is 2.11. The van der Waals surface area contributed by atoms with Gasteiger partial charge in [-0.15, -0.1) is 0 Å². The molecule has 0 saturated carbocycles. The van der Waals surface area contributed by atoms with Crippen molar-refractivity contribution < 1.29 is 8.42 Å². The fourth-order valence-electron chi connectivity index (χ4n) is 2.29. The van der Waals surface area contributed by atoms with Gasteiger partial charge in [-0.3, -0.25) is 0 Å². The second kappa shape index (κ2) is 7.46. The molecule has 0 bridgehead atoms. The molecular weight excluding hydrogens is 302 g/mol. The minimum Gasteiger partial charge on any atom is -0.237 e. The first-order chi connectivity index (χ1) is 10.5. The summed E-state index contributed by atoms with van der Waals surface area (Å²) in [6.07, 6.45) is 6.46. The monoisotopic (exact) mass is 323 g/mol. The Morgan fingerprint density at radius 1 is 1.41 bits per heavy atom. The van der Waals surface area contributed by atoms with Crippen LogP contribution in [0.5, 0.6) is 0 Å². The van der Waals surface area contributed by atoms with Crippen LogP contribution in [0.2, 0.25) is 0 Å². The van der Waals surface area contributed by atoms with Crippen molar-refractivity contribution in [3.63, 3.8) is 0 Å². The van der Waals surface area contributed by atoms with Crippen LogP contribution >= 0.6 is 0 Å². The Kier molecular flexibility index (Phi) is 5.62. The van der Waals surface area contributed by atoms with Crippen molar-refractivity contribution in [2.75, 3.05) is 5.75 Å². The molecule has 2 rings (SSSR count). The molecular formula is C14H21N5O2S. The maximum Gasteiger partial charge on any atom is 0.212 e. The van der Waals surface area contributed by atoms with E-state index in [4.69, 9.17) is 0 Å². The lowest BCUT2D eigenvalue weighted by atomic mass is 10.1. The quantitative estimate of drug-likeness (QED) is 0.795. The van der Waals surface area contributed by atoms with E-state index < -0.39 is 10.0 Å². The van der Waals surface area contributed by atoms with Gasteiger partial charge in [0.2, 0.25) is 10.0 Å². The Morgan fingerprint density at radius 2 is 2.23 bits per heavy atom. The molecule has 0 amide bonds. The van der Waals surface area contributed by atoms with E-state index in [2.05, 4.69) is 26.7 Å². The van der Waals surface area contributed by atoms with Crippen molar-refractivity contribution in [2.45, 2.75) is 33.2 Å². The van der Waals surface area contributed by atoms with Crippen molar-refractivity contribution in [1.82, 2.24) is 24.5 Å². The van der Waals surface area contributed by atoms with Crippen molar-refractivity contribution in [3.8, 4) is 5.82 Å². The first kappa shape index (κ1) is 16.6. The zero-order chi connectivity index (χ0) is 16.0. The lowest BCUT2D eigenvalue weighted by molar-refractivity contribution is 0.536. The van der Waals surface area contributed by atoms with E-state index >= 15 is 0 Å². The normalized spacial score (nSPS) is 13.2. The zero-order valence-corrected chi connectivity index (χ0v) is 13.6. The largest absolute Gasteiger partial charge is 0.237 e. The number of rotatable bonds is 8. The average molecular weight is 323 g/mol. The molecule has 1 N–H and O–H groups in total. The third kappa shape index (κ3) is 4.60. The smallest absolute Gasteiger partial charge is 0.212 e. The van der Waals surface area contributed by atoms with Crippen LogP contribution in [0.4, 0.5) is 0 Å². The molecule has 0 fully saturated rings. The van der Waals surface area contributed by atoms with Crippen LogP contribution in [0.25, 0.3) is 5.82 Å².